The van der Waals surface area contributed by atoms with E-state index in [2.05, 4.69) is 5.32 Å². The first-order valence-corrected chi connectivity index (χ1v) is 8.23. The number of hydrogen-bond acceptors (Lipinski definition) is 4. The quantitative estimate of drug-likeness (QED) is 0.757. The number of carbonyl (C=O) groups is 1. The van der Waals surface area contributed by atoms with E-state index in [4.69, 9.17) is 0 Å². The van der Waals surface area contributed by atoms with E-state index in [0.717, 1.165) is 19.4 Å². The number of nitrogens with one attached hydrogen (secondary N) is 1. The van der Waals surface area contributed by atoms with Crippen LogP contribution < -0.4 is 5.32 Å². The summed E-state index contributed by atoms with van der Waals surface area (Å²) in [6.07, 6.45) is 3.15. The van der Waals surface area contributed by atoms with Gasteiger partial charge in [0.25, 0.3) is 0 Å². The van der Waals surface area contributed by atoms with Crippen LogP contribution >= 0.6 is 12.4 Å². The van der Waals surface area contributed by atoms with Crippen LogP contribution in [-0.4, -0.2) is 68.0 Å². The highest BCUT2D eigenvalue weighted by Crippen LogP contribution is 2.16. The largest absolute Gasteiger partial charge is 0.338 e. The lowest BCUT2D eigenvalue weighted by Crippen LogP contribution is -2.57. The molecule has 0 aromatic heterocycles. The fraction of sp³-hybridized carbons (Fsp3) is 0.909. The van der Waals surface area contributed by atoms with E-state index in [9.17, 15) is 13.2 Å². The fourth-order valence-electron chi connectivity index (χ4n) is 2.75. The topological polar surface area (TPSA) is 69.7 Å². The molecule has 8 heteroatoms. The van der Waals surface area contributed by atoms with Crippen molar-refractivity contribution in [1.29, 1.82) is 0 Å². The van der Waals surface area contributed by atoms with Crippen molar-refractivity contribution in [2.24, 2.45) is 0 Å². The molecule has 19 heavy (non-hydrogen) atoms. The highest BCUT2D eigenvalue weighted by Gasteiger charge is 2.34. The second kappa shape index (κ2) is 6.39. The van der Waals surface area contributed by atoms with E-state index in [1.807, 2.05) is 6.92 Å². The summed E-state index contributed by atoms with van der Waals surface area (Å²) in [6, 6.07) is -0.207. The van der Waals surface area contributed by atoms with Gasteiger partial charge in [0.15, 0.2) is 0 Å². The standard InChI is InChI=1S/C11H21N3O3S.ClH/c1-9-8-13(6-7-14(9)18(2,16)17)11(15)10-4-3-5-12-10;/h9-10,12H,3-8H2,1-2H3;1H/t9-,10?;/m0./s1. The molecule has 2 fully saturated rings. The zero-order valence-electron chi connectivity index (χ0n) is 11.3. The van der Waals surface area contributed by atoms with Crippen LogP contribution in [0.3, 0.4) is 0 Å². The first-order valence-electron chi connectivity index (χ1n) is 6.38. The van der Waals surface area contributed by atoms with E-state index >= 15 is 0 Å². The molecule has 2 atom stereocenters. The summed E-state index contributed by atoms with van der Waals surface area (Å²) >= 11 is 0. The molecular weight excluding hydrogens is 290 g/mol. The Bertz CT molecular complexity index is 423. The number of carbonyl (C=O) groups excluding carboxylic acids is 1. The summed E-state index contributed by atoms with van der Waals surface area (Å²) in [5.41, 5.74) is 0. The minimum absolute atomic E-state index is 0. The molecule has 1 unspecified atom stereocenters. The lowest BCUT2D eigenvalue weighted by molar-refractivity contribution is -0.135. The Morgan fingerprint density at radius 2 is 2.00 bits per heavy atom. The van der Waals surface area contributed by atoms with Gasteiger partial charge < -0.3 is 10.2 Å². The Kier molecular flexibility index (Phi) is 5.61. The van der Waals surface area contributed by atoms with Gasteiger partial charge in [0, 0.05) is 25.7 Å². The van der Waals surface area contributed by atoms with Crippen molar-refractivity contribution >= 4 is 28.3 Å². The Morgan fingerprint density at radius 3 is 2.47 bits per heavy atom. The maximum absolute atomic E-state index is 12.2. The first-order chi connectivity index (χ1) is 8.39. The molecule has 0 spiro atoms. The monoisotopic (exact) mass is 311 g/mol. The summed E-state index contributed by atoms with van der Waals surface area (Å²) in [6.45, 7) is 4.13. The second-order valence-corrected chi connectivity index (χ2v) is 7.09. The molecule has 2 aliphatic rings. The van der Waals surface area contributed by atoms with E-state index in [1.165, 1.54) is 10.6 Å². The van der Waals surface area contributed by atoms with Crippen LogP contribution in [0.25, 0.3) is 0 Å². The lowest BCUT2D eigenvalue weighted by Gasteiger charge is -2.39. The van der Waals surface area contributed by atoms with Gasteiger partial charge in [0.05, 0.1) is 12.3 Å². The predicted molar refractivity (Wildman–Crippen MR) is 75.9 cm³/mol. The summed E-state index contributed by atoms with van der Waals surface area (Å²) in [5, 5.41) is 3.19. The van der Waals surface area contributed by atoms with Gasteiger partial charge in [-0.3, -0.25) is 4.79 Å². The van der Waals surface area contributed by atoms with Gasteiger partial charge in [-0.05, 0) is 26.3 Å². The molecule has 6 nitrogen and oxygen atoms in total. The van der Waals surface area contributed by atoms with Gasteiger partial charge in [0.2, 0.25) is 15.9 Å². The number of nitrogens with zero attached hydrogens (tertiary/aromatic N) is 2. The number of hydrogen-bond donors (Lipinski definition) is 1. The van der Waals surface area contributed by atoms with Crippen molar-refractivity contribution in [3.8, 4) is 0 Å². The lowest BCUT2D eigenvalue weighted by atomic mass is 10.1. The molecule has 1 N–H and O–H groups in total. The van der Waals surface area contributed by atoms with Crippen molar-refractivity contribution in [3.05, 3.63) is 0 Å². The second-order valence-electron chi connectivity index (χ2n) is 5.16. The fourth-order valence-corrected chi connectivity index (χ4v) is 3.88. The molecule has 2 rings (SSSR count). The molecule has 0 bridgehead atoms. The normalized spacial score (nSPS) is 29.1. The number of halogens is 1. The highest BCUT2D eigenvalue weighted by atomic mass is 35.5. The van der Waals surface area contributed by atoms with Crippen LogP contribution in [0.2, 0.25) is 0 Å². The van der Waals surface area contributed by atoms with Gasteiger partial charge in [-0.15, -0.1) is 12.4 Å². The molecule has 112 valence electrons. The maximum Gasteiger partial charge on any atom is 0.239 e. The van der Waals surface area contributed by atoms with Gasteiger partial charge in [-0.1, -0.05) is 0 Å². The van der Waals surface area contributed by atoms with E-state index in [-0.39, 0.29) is 30.4 Å². The maximum atomic E-state index is 12.2. The molecule has 2 saturated heterocycles. The minimum Gasteiger partial charge on any atom is -0.338 e. The Hall–Kier alpha value is -0.370. The number of sulfonamides is 1. The van der Waals surface area contributed by atoms with Crippen molar-refractivity contribution in [1.82, 2.24) is 14.5 Å². The van der Waals surface area contributed by atoms with Crippen molar-refractivity contribution < 1.29 is 13.2 Å². The first kappa shape index (κ1) is 16.7. The van der Waals surface area contributed by atoms with Crippen LogP contribution in [0.1, 0.15) is 19.8 Å². The summed E-state index contributed by atoms with van der Waals surface area (Å²) in [4.78, 5) is 14.0. The Morgan fingerprint density at radius 1 is 1.32 bits per heavy atom. The average Bonchev–Trinajstić information content (AvgIpc) is 2.79. The SMILES string of the molecule is C[C@H]1CN(C(=O)C2CCCN2)CCN1S(C)(=O)=O.Cl. The van der Waals surface area contributed by atoms with Crippen LogP contribution in [0.15, 0.2) is 0 Å². The predicted octanol–water partition coefficient (Wildman–Crippen LogP) is -0.347. The molecule has 2 aliphatic heterocycles. The molecule has 0 aliphatic carbocycles. The number of amides is 1. The zero-order valence-corrected chi connectivity index (χ0v) is 13.0. The van der Waals surface area contributed by atoms with Crippen LogP contribution in [0.4, 0.5) is 0 Å². The van der Waals surface area contributed by atoms with Crippen molar-refractivity contribution in [2.45, 2.75) is 31.8 Å². The van der Waals surface area contributed by atoms with Gasteiger partial charge in [0.1, 0.15) is 0 Å². The smallest absolute Gasteiger partial charge is 0.239 e. The molecule has 0 radical (unpaired) electrons. The van der Waals surface area contributed by atoms with Crippen LogP contribution in [0.5, 0.6) is 0 Å². The van der Waals surface area contributed by atoms with Gasteiger partial charge >= 0.3 is 0 Å². The van der Waals surface area contributed by atoms with Crippen molar-refractivity contribution in [2.75, 3.05) is 32.4 Å². The molecule has 0 saturated carbocycles. The van der Waals surface area contributed by atoms with E-state index in [0.29, 0.717) is 19.6 Å². The van der Waals surface area contributed by atoms with Gasteiger partial charge in [-0.25, -0.2) is 8.42 Å². The molecule has 0 aromatic carbocycles. The van der Waals surface area contributed by atoms with E-state index in [1.54, 1.807) is 4.90 Å². The van der Waals surface area contributed by atoms with Gasteiger partial charge in [-0.2, -0.15) is 4.31 Å². The molecular formula is C11H22ClN3O3S. The summed E-state index contributed by atoms with van der Waals surface area (Å²) in [5.74, 6) is 0.118. The Balaban J connectivity index is 0.00000180. The highest BCUT2D eigenvalue weighted by molar-refractivity contribution is 7.88. The third kappa shape index (κ3) is 3.81. The Labute approximate surface area is 121 Å². The molecule has 2 heterocycles. The number of piperazine rings is 1. The van der Waals surface area contributed by atoms with Crippen molar-refractivity contribution in [3.63, 3.8) is 0 Å². The van der Waals surface area contributed by atoms with E-state index < -0.39 is 10.0 Å². The average molecular weight is 312 g/mol. The van der Waals surface area contributed by atoms with Crippen LogP contribution in [-0.2, 0) is 14.8 Å². The molecule has 1 amide bonds. The van der Waals surface area contributed by atoms with Crippen LogP contribution in [0, 0.1) is 0 Å². The molecule has 0 aromatic rings. The summed E-state index contributed by atoms with van der Waals surface area (Å²) in [7, 11) is -3.16. The minimum atomic E-state index is -3.16. The zero-order chi connectivity index (χ0) is 13.3. The number of rotatable bonds is 2. The summed E-state index contributed by atoms with van der Waals surface area (Å²) < 4.78 is 24.6. The third-order valence-corrected chi connectivity index (χ3v) is 5.06. The third-order valence-electron chi connectivity index (χ3n) is 3.66.